The van der Waals surface area contributed by atoms with Crippen molar-refractivity contribution in [3.63, 3.8) is 0 Å². The van der Waals surface area contributed by atoms with Gasteiger partial charge in [0.25, 0.3) is 0 Å². The van der Waals surface area contributed by atoms with E-state index in [1.165, 1.54) is 21.6 Å². The normalized spacial score (nSPS) is 12.4. The maximum Gasteiger partial charge on any atom is 0.134 e. The molecule has 0 bridgehead atoms. The molecule has 3 heteroatoms. The zero-order valence-corrected chi connectivity index (χ0v) is 13.5. The summed E-state index contributed by atoms with van der Waals surface area (Å²) in [6.45, 7) is 7.51. The number of ether oxygens (including phenoxy) is 1. The molecule has 0 amide bonds. The van der Waals surface area contributed by atoms with Crippen LogP contribution in [0.4, 0.5) is 0 Å². The highest BCUT2D eigenvalue weighted by Crippen LogP contribution is 2.36. The summed E-state index contributed by atoms with van der Waals surface area (Å²) in [5.41, 5.74) is 3.96. The van der Waals surface area contributed by atoms with E-state index in [1.54, 1.807) is 18.4 Å². The van der Waals surface area contributed by atoms with Crippen LogP contribution in [0.5, 0.6) is 5.75 Å². The van der Waals surface area contributed by atoms with Crippen molar-refractivity contribution < 1.29 is 4.74 Å². The van der Waals surface area contributed by atoms with E-state index in [0.717, 1.165) is 18.7 Å². The van der Waals surface area contributed by atoms with Gasteiger partial charge in [0.2, 0.25) is 0 Å². The SMILES string of the molecule is CCCNC(c1cc(C)ccc1C)c1sccc1OC. The third kappa shape index (κ3) is 3.22. The van der Waals surface area contributed by atoms with Crippen molar-refractivity contribution in [3.05, 3.63) is 51.2 Å². The molecule has 1 aromatic heterocycles. The lowest BCUT2D eigenvalue weighted by Crippen LogP contribution is -2.23. The van der Waals surface area contributed by atoms with Crippen molar-refractivity contribution in [2.24, 2.45) is 0 Å². The van der Waals surface area contributed by atoms with Gasteiger partial charge in [-0.3, -0.25) is 0 Å². The standard InChI is InChI=1S/C17H23NOS/c1-5-9-18-16(17-15(19-4)8-10-20-17)14-11-12(2)6-7-13(14)3/h6-8,10-11,16,18H,5,9H2,1-4H3. The van der Waals surface area contributed by atoms with Crippen LogP contribution >= 0.6 is 11.3 Å². The first-order chi connectivity index (χ1) is 9.67. The van der Waals surface area contributed by atoms with E-state index in [9.17, 15) is 0 Å². The number of rotatable bonds is 6. The number of nitrogens with one attached hydrogen (secondary N) is 1. The topological polar surface area (TPSA) is 21.3 Å². The fourth-order valence-corrected chi connectivity index (χ4v) is 3.34. The molecular weight excluding hydrogens is 266 g/mol. The quantitative estimate of drug-likeness (QED) is 0.847. The van der Waals surface area contributed by atoms with Crippen LogP contribution in [0.25, 0.3) is 0 Å². The van der Waals surface area contributed by atoms with Crippen LogP contribution in [0.3, 0.4) is 0 Å². The monoisotopic (exact) mass is 289 g/mol. The minimum atomic E-state index is 0.213. The van der Waals surface area contributed by atoms with Gasteiger partial charge in [0, 0.05) is 0 Å². The van der Waals surface area contributed by atoms with Gasteiger partial charge in [0.15, 0.2) is 0 Å². The van der Waals surface area contributed by atoms with Gasteiger partial charge in [-0.05, 0) is 49.4 Å². The van der Waals surface area contributed by atoms with Crippen molar-refractivity contribution in [3.8, 4) is 5.75 Å². The van der Waals surface area contributed by atoms with Crippen molar-refractivity contribution in [1.82, 2.24) is 5.32 Å². The zero-order valence-electron chi connectivity index (χ0n) is 12.7. The highest BCUT2D eigenvalue weighted by molar-refractivity contribution is 7.10. The van der Waals surface area contributed by atoms with Crippen LogP contribution in [-0.2, 0) is 0 Å². The second-order valence-corrected chi connectivity index (χ2v) is 6.05. The summed E-state index contributed by atoms with van der Waals surface area (Å²) in [7, 11) is 1.74. The fraction of sp³-hybridized carbons (Fsp3) is 0.412. The van der Waals surface area contributed by atoms with Crippen molar-refractivity contribution in [2.75, 3.05) is 13.7 Å². The summed E-state index contributed by atoms with van der Waals surface area (Å²) >= 11 is 1.75. The Kier molecular flexibility index (Phi) is 5.21. The molecule has 20 heavy (non-hydrogen) atoms. The van der Waals surface area contributed by atoms with E-state index < -0.39 is 0 Å². The van der Waals surface area contributed by atoms with Gasteiger partial charge in [-0.1, -0.05) is 30.7 Å². The summed E-state index contributed by atoms with van der Waals surface area (Å²) in [4.78, 5) is 1.26. The second kappa shape index (κ2) is 6.91. The second-order valence-electron chi connectivity index (χ2n) is 5.10. The number of hydrogen-bond donors (Lipinski definition) is 1. The van der Waals surface area contributed by atoms with E-state index >= 15 is 0 Å². The van der Waals surface area contributed by atoms with E-state index in [1.807, 2.05) is 6.07 Å². The van der Waals surface area contributed by atoms with Crippen molar-refractivity contribution in [2.45, 2.75) is 33.2 Å². The number of hydrogen-bond acceptors (Lipinski definition) is 3. The first-order valence-corrected chi connectivity index (χ1v) is 7.97. The van der Waals surface area contributed by atoms with Crippen LogP contribution < -0.4 is 10.1 Å². The average molecular weight is 289 g/mol. The molecule has 0 aliphatic rings. The zero-order chi connectivity index (χ0) is 14.5. The smallest absolute Gasteiger partial charge is 0.134 e. The Hall–Kier alpha value is -1.32. The Labute approximate surface area is 125 Å². The molecule has 0 fully saturated rings. The molecule has 0 radical (unpaired) electrons. The lowest BCUT2D eigenvalue weighted by atomic mass is 9.97. The van der Waals surface area contributed by atoms with Crippen molar-refractivity contribution >= 4 is 11.3 Å². The van der Waals surface area contributed by atoms with Gasteiger partial charge >= 0.3 is 0 Å². The molecule has 0 saturated carbocycles. The maximum absolute atomic E-state index is 5.51. The molecule has 1 aromatic carbocycles. The Bertz CT molecular complexity index is 562. The molecule has 1 N–H and O–H groups in total. The molecule has 0 aliphatic heterocycles. The average Bonchev–Trinajstić information content (AvgIpc) is 2.91. The lowest BCUT2D eigenvalue weighted by Gasteiger charge is -2.21. The van der Waals surface area contributed by atoms with Gasteiger partial charge in [-0.15, -0.1) is 11.3 Å². The van der Waals surface area contributed by atoms with Crippen LogP contribution in [-0.4, -0.2) is 13.7 Å². The molecular formula is C17H23NOS. The highest BCUT2D eigenvalue weighted by atomic mass is 32.1. The predicted octanol–water partition coefficient (Wildman–Crippen LogP) is 4.46. The van der Waals surface area contributed by atoms with E-state index in [2.05, 4.69) is 49.7 Å². The summed E-state index contributed by atoms with van der Waals surface area (Å²) in [6.07, 6.45) is 1.12. The van der Waals surface area contributed by atoms with Gasteiger partial charge < -0.3 is 10.1 Å². The van der Waals surface area contributed by atoms with Gasteiger partial charge in [-0.25, -0.2) is 0 Å². The Morgan fingerprint density at radius 3 is 2.75 bits per heavy atom. The number of methoxy groups -OCH3 is 1. The fourth-order valence-electron chi connectivity index (χ4n) is 2.39. The summed E-state index contributed by atoms with van der Waals surface area (Å²) in [5.74, 6) is 0.976. The summed E-state index contributed by atoms with van der Waals surface area (Å²) < 4.78 is 5.51. The van der Waals surface area contributed by atoms with Gasteiger partial charge in [-0.2, -0.15) is 0 Å². The first-order valence-electron chi connectivity index (χ1n) is 7.09. The molecule has 2 nitrogen and oxygen atoms in total. The number of aryl methyl sites for hydroxylation is 2. The molecule has 1 unspecified atom stereocenters. The molecule has 2 aromatic rings. The van der Waals surface area contributed by atoms with Crippen molar-refractivity contribution in [1.29, 1.82) is 0 Å². The predicted molar refractivity (Wildman–Crippen MR) is 86.9 cm³/mol. The molecule has 1 heterocycles. The van der Waals surface area contributed by atoms with E-state index in [4.69, 9.17) is 4.74 Å². The number of benzene rings is 1. The van der Waals surface area contributed by atoms with Gasteiger partial charge in [0.05, 0.1) is 18.0 Å². The number of thiophene rings is 1. The van der Waals surface area contributed by atoms with Crippen LogP contribution in [0, 0.1) is 13.8 Å². The first kappa shape index (κ1) is 15.1. The highest BCUT2D eigenvalue weighted by Gasteiger charge is 2.20. The largest absolute Gasteiger partial charge is 0.496 e. The van der Waals surface area contributed by atoms with Gasteiger partial charge in [0.1, 0.15) is 5.75 Å². The molecule has 0 spiro atoms. The molecule has 1 atom stereocenters. The molecule has 108 valence electrons. The third-order valence-corrected chi connectivity index (χ3v) is 4.45. The maximum atomic E-state index is 5.51. The lowest BCUT2D eigenvalue weighted by molar-refractivity contribution is 0.407. The van der Waals surface area contributed by atoms with Crippen LogP contribution in [0.15, 0.2) is 29.6 Å². The summed E-state index contributed by atoms with van der Waals surface area (Å²) in [5, 5.41) is 5.76. The Morgan fingerprint density at radius 1 is 1.25 bits per heavy atom. The van der Waals surface area contributed by atoms with Crippen LogP contribution in [0.1, 0.15) is 41.0 Å². The van der Waals surface area contributed by atoms with E-state index in [0.29, 0.717) is 0 Å². The molecule has 0 aliphatic carbocycles. The minimum Gasteiger partial charge on any atom is -0.496 e. The Morgan fingerprint density at radius 2 is 2.05 bits per heavy atom. The molecule has 2 rings (SSSR count). The summed E-state index contributed by atoms with van der Waals surface area (Å²) in [6, 6.07) is 8.91. The Balaban J connectivity index is 2.44. The van der Waals surface area contributed by atoms with E-state index in [-0.39, 0.29) is 6.04 Å². The third-order valence-electron chi connectivity index (χ3n) is 3.48. The minimum absolute atomic E-state index is 0.213. The van der Waals surface area contributed by atoms with Crippen LogP contribution in [0.2, 0.25) is 0 Å². The molecule has 0 saturated heterocycles.